The van der Waals surface area contributed by atoms with E-state index < -0.39 is 0 Å². The molecule has 3 nitrogen and oxygen atoms in total. The van der Waals surface area contributed by atoms with Gasteiger partial charge >= 0.3 is 0 Å². The molecule has 3 rings (SSSR count). The van der Waals surface area contributed by atoms with Crippen LogP contribution in [0.3, 0.4) is 0 Å². The van der Waals surface area contributed by atoms with Crippen molar-refractivity contribution in [2.75, 3.05) is 0 Å². The summed E-state index contributed by atoms with van der Waals surface area (Å²) < 4.78 is 0. The topological polar surface area (TPSA) is 41.1 Å². The Bertz CT molecular complexity index is 468. The van der Waals surface area contributed by atoms with Gasteiger partial charge in [-0.05, 0) is 42.7 Å². The van der Waals surface area contributed by atoms with E-state index in [1.807, 2.05) is 0 Å². The predicted molar refractivity (Wildman–Crippen MR) is 85.0 cm³/mol. The molecule has 3 unspecified atom stereocenters. The van der Waals surface area contributed by atoms with Crippen LogP contribution in [0, 0.1) is 5.92 Å². The molecule has 1 saturated heterocycles. The highest BCUT2D eigenvalue weighted by atomic mass is 16.2. The number of carbonyl (C=O) groups is 1. The maximum absolute atomic E-state index is 12.3. The number of benzene rings is 1. The number of amides is 1. The predicted octanol–water partition coefficient (Wildman–Crippen LogP) is 2.79. The maximum atomic E-state index is 12.3. The Labute approximate surface area is 127 Å². The fourth-order valence-corrected chi connectivity index (χ4v) is 3.73. The first-order valence-electron chi connectivity index (χ1n) is 8.38. The molecule has 21 heavy (non-hydrogen) atoms. The van der Waals surface area contributed by atoms with E-state index in [1.54, 1.807) is 0 Å². The minimum atomic E-state index is 0.0213. The van der Waals surface area contributed by atoms with Crippen molar-refractivity contribution >= 4 is 5.91 Å². The average Bonchev–Trinajstić information content (AvgIpc) is 2.97. The summed E-state index contributed by atoms with van der Waals surface area (Å²) >= 11 is 0. The van der Waals surface area contributed by atoms with Gasteiger partial charge in [-0.3, -0.25) is 4.79 Å². The molecule has 1 saturated carbocycles. The third kappa shape index (κ3) is 3.46. The van der Waals surface area contributed by atoms with Crippen LogP contribution in [0.2, 0.25) is 0 Å². The largest absolute Gasteiger partial charge is 0.351 e. The molecule has 0 aromatic heterocycles. The Balaban J connectivity index is 1.49. The zero-order valence-corrected chi connectivity index (χ0v) is 12.9. The van der Waals surface area contributed by atoms with Crippen LogP contribution in [0.25, 0.3) is 0 Å². The van der Waals surface area contributed by atoms with Crippen LogP contribution in [-0.4, -0.2) is 18.0 Å². The number of carbonyl (C=O) groups excluding carboxylic acids is 1. The van der Waals surface area contributed by atoms with Gasteiger partial charge in [0.25, 0.3) is 0 Å². The number of hydrogen-bond acceptors (Lipinski definition) is 2. The van der Waals surface area contributed by atoms with E-state index in [1.165, 1.54) is 36.8 Å². The zero-order chi connectivity index (χ0) is 14.7. The summed E-state index contributed by atoms with van der Waals surface area (Å²) in [6.07, 6.45) is 7.26. The summed E-state index contributed by atoms with van der Waals surface area (Å²) in [4.78, 5) is 12.3. The molecule has 0 radical (unpaired) electrons. The van der Waals surface area contributed by atoms with Gasteiger partial charge in [-0.1, -0.05) is 44.0 Å². The van der Waals surface area contributed by atoms with E-state index in [0.29, 0.717) is 12.6 Å². The standard InChI is InChI=1S/C18H26N2O/c1-2-13-7-9-14(10-8-13)12-19-18(21)17-11-15-5-3-4-6-16(15)20-17/h7-10,15-17,20H,2-6,11-12H2,1H3,(H,19,21). The molecule has 2 N–H and O–H groups in total. The summed E-state index contributed by atoms with van der Waals surface area (Å²) in [5, 5.41) is 6.62. The maximum Gasteiger partial charge on any atom is 0.237 e. The second-order valence-electron chi connectivity index (χ2n) is 6.49. The molecule has 1 aromatic carbocycles. The molecule has 1 aromatic rings. The molecule has 0 spiro atoms. The Kier molecular flexibility index (Phi) is 4.59. The van der Waals surface area contributed by atoms with Crippen molar-refractivity contribution in [1.82, 2.24) is 10.6 Å². The minimum Gasteiger partial charge on any atom is -0.351 e. The molecule has 0 bridgehead atoms. The summed E-state index contributed by atoms with van der Waals surface area (Å²) in [5.74, 6) is 0.891. The van der Waals surface area contributed by atoms with E-state index in [0.717, 1.165) is 18.8 Å². The fourth-order valence-electron chi connectivity index (χ4n) is 3.73. The summed E-state index contributed by atoms with van der Waals surface area (Å²) in [6, 6.07) is 9.11. The first kappa shape index (κ1) is 14.6. The van der Waals surface area contributed by atoms with Gasteiger partial charge in [-0.15, -0.1) is 0 Å². The van der Waals surface area contributed by atoms with Gasteiger partial charge in [0.05, 0.1) is 6.04 Å². The molecular weight excluding hydrogens is 260 g/mol. The monoisotopic (exact) mass is 286 g/mol. The van der Waals surface area contributed by atoms with Crippen LogP contribution in [0.15, 0.2) is 24.3 Å². The average molecular weight is 286 g/mol. The second kappa shape index (κ2) is 6.61. The van der Waals surface area contributed by atoms with E-state index in [4.69, 9.17) is 0 Å². The van der Waals surface area contributed by atoms with Crippen LogP contribution in [0.1, 0.15) is 50.2 Å². The zero-order valence-electron chi connectivity index (χ0n) is 12.9. The number of hydrogen-bond donors (Lipinski definition) is 2. The van der Waals surface area contributed by atoms with E-state index in [9.17, 15) is 4.79 Å². The highest BCUT2D eigenvalue weighted by molar-refractivity contribution is 5.82. The molecule has 1 heterocycles. The van der Waals surface area contributed by atoms with Gasteiger partial charge in [0.1, 0.15) is 0 Å². The number of nitrogens with one attached hydrogen (secondary N) is 2. The van der Waals surface area contributed by atoms with Crippen LogP contribution in [0.4, 0.5) is 0 Å². The van der Waals surface area contributed by atoms with Gasteiger partial charge in [0.15, 0.2) is 0 Å². The fraction of sp³-hybridized carbons (Fsp3) is 0.611. The highest BCUT2D eigenvalue weighted by Crippen LogP contribution is 2.33. The molecular formula is C18H26N2O. The molecule has 2 aliphatic rings. The molecule has 1 amide bonds. The van der Waals surface area contributed by atoms with Crippen LogP contribution >= 0.6 is 0 Å². The highest BCUT2D eigenvalue weighted by Gasteiger charge is 2.37. The van der Waals surface area contributed by atoms with Crippen LogP contribution in [-0.2, 0) is 17.8 Å². The van der Waals surface area contributed by atoms with Crippen molar-refractivity contribution in [3.63, 3.8) is 0 Å². The second-order valence-corrected chi connectivity index (χ2v) is 6.49. The van der Waals surface area contributed by atoms with Crippen molar-refractivity contribution in [1.29, 1.82) is 0 Å². The van der Waals surface area contributed by atoms with E-state index in [-0.39, 0.29) is 11.9 Å². The lowest BCUT2D eigenvalue weighted by Crippen LogP contribution is -2.42. The lowest BCUT2D eigenvalue weighted by molar-refractivity contribution is -0.123. The van der Waals surface area contributed by atoms with Gasteiger partial charge in [0.2, 0.25) is 5.91 Å². The first-order valence-corrected chi connectivity index (χ1v) is 8.38. The number of rotatable bonds is 4. The normalized spacial score (nSPS) is 28.1. The van der Waals surface area contributed by atoms with Crippen molar-refractivity contribution in [3.8, 4) is 0 Å². The lowest BCUT2D eigenvalue weighted by Gasteiger charge is -2.24. The smallest absolute Gasteiger partial charge is 0.237 e. The molecule has 2 fully saturated rings. The third-order valence-corrected chi connectivity index (χ3v) is 5.08. The summed E-state index contributed by atoms with van der Waals surface area (Å²) in [5.41, 5.74) is 2.52. The SMILES string of the molecule is CCc1ccc(CNC(=O)C2CC3CCCCC3N2)cc1. The molecule has 3 atom stereocenters. The van der Waals surface area contributed by atoms with Gasteiger partial charge in [0, 0.05) is 12.6 Å². The van der Waals surface area contributed by atoms with Crippen molar-refractivity contribution in [3.05, 3.63) is 35.4 Å². The molecule has 1 aliphatic carbocycles. The number of fused-ring (bicyclic) bond motifs is 1. The Hall–Kier alpha value is -1.35. The minimum absolute atomic E-state index is 0.0213. The first-order chi connectivity index (χ1) is 10.3. The Morgan fingerprint density at radius 1 is 1.19 bits per heavy atom. The van der Waals surface area contributed by atoms with Crippen molar-refractivity contribution in [2.24, 2.45) is 5.92 Å². The van der Waals surface area contributed by atoms with E-state index in [2.05, 4.69) is 41.8 Å². The van der Waals surface area contributed by atoms with Gasteiger partial charge in [-0.2, -0.15) is 0 Å². The number of aryl methyl sites for hydroxylation is 1. The third-order valence-electron chi connectivity index (χ3n) is 5.08. The quantitative estimate of drug-likeness (QED) is 0.893. The Morgan fingerprint density at radius 2 is 1.90 bits per heavy atom. The lowest BCUT2D eigenvalue weighted by atomic mass is 9.85. The van der Waals surface area contributed by atoms with Gasteiger partial charge < -0.3 is 10.6 Å². The van der Waals surface area contributed by atoms with Crippen LogP contribution < -0.4 is 10.6 Å². The Morgan fingerprint density at radius 3 is 2.62 bits per heavy atom. The summed E-state index contributed by atoms with van der Waals surface area (Å²) in [6.45, 7) is 2.79. The van der Waals surface area contributed by atoms with Crippen molar-refractivity contribution < 1.29 is 4.79 Å². The molecule has 1 aliphatic heterocycles. The van der Waals surface area contributed by atoms with Crippen LogP contribution in [0.5, 0.6) is 0 Å². The summed E-state index contributed by atoms with van der Waals surface area (Å²) in [7, 11) is 0. The van der Waals surface area contributed by atoms with Gasteiger partial charge in [-0.25, -0.2) is 0 Å². The van der Waals surface area contributed by atoms with Crippen molar-refractivity contribution in [2.45, 2.75) is 64.1 Å². The molecule has 114 valence electrons. The molecule has 3 heteroatoms. The van der Waals surface area contributed by atoms with E-state index >= 15 is 0 Å².